The molecule has 0 saturated heterocycles. The Morgan fingerprint density at radius 3 is 2.60 bits per heavy atom. The molecule has 0 aliphatic carbocycles. The van der Waals surface area contributed by atoms with Gasteiger partial charge in [-0.05, 0) is 0 Å². The Bertz CT molecular complexity index is 196. The van der Waals surface area contributed by atoms with Crippen molar-refractivity contribution in [1.29, 1.82) is 0 Å². The molecule has 3 nitrogen and oxygen atoms in total. The third kappa shape index (κ3) is 3.36. The van der Waals surface area contributed by atoms with Crippen LogP contribution in [0, 0.1) is 6.20 Å². The van der Waals surface area contributed by atoms with E-state index >= 15 is 0 Å². The maximum absolute atomic E-state index is 10.2. The monoisotopic (exact) mass is 308 g/mol. The first-order chi connectivity index (χ1) is 4.72. The first kappa shape index (κ1) is 9.31. The van der Waals surface area contributed by atoms with Crippen LogP contribution in [0.2, 0.25) is 0 Å². The van der Waals surface area contributed by atoms with Crippen LogP contribution in [0.4, 0.5) is 0 Å². The summed E-state index contributed by atoms with van der Waals surface area (Å²) >= 11 is 1.26. The molecule has 0 fully saturated rings. The van der Waals surface area contributed by atoms with Crippen LogP contribution in [0.1, 0.15) is 0 Å². The molecule has 0 atom stereocenters. The molecule has 0 spiro atoms. The summed E-state index contributed by atoms with van der Waals surface area (Å²) in [6.45, 7) is 0. The van der Waals surface area contributed by atoms with E-state index in [1.54, 1.807) is 10.5 Å². The van der Waals surface area contributed by atoms with Crippen LogP contribution < -0.4 is 5.73 Å². The van der Waals surface area contributed by atoms with Crippen LogP contribution in [-0.2, 0) is 24.1 Å². The van der Waals surface area contributed by atoms with Gasteiger partial charge in [0.15, 0.2) is 0 Å². The molecule has 0 bridgehead atoms. The van der Waals surface area contributed by atoms with Crippen LogP contribution in [0.5, 0.6) is 0 Å². The Morgan fingerprint density at radius 2 is 2.30 bits per heavy atom. The van der Waals surface area contributed by atoms with Crippen molar-refractivity contribution in [1.82, 2.24) is 0 Å². The number of allylic oxidation sites excluding steroid dienone is 1. The zero-order valence-electron chi connectivity index (χ0n) is 5.07. The Morgan fingerprint density at radius 1 is 1.70 bits per heavy atom. The molecule has 0 aliphatic rings. The van der Waals surface area contributed by atoms with Gasteiger partial charge in [-0.3, -0.25) is 0 Å². The van der Waals surface area contributed by atoms with E-state index in [1.165, 1.54) is 25.4 Å². The number of hydrogen-bond acceptors (Lipinski definition) is 2. The second-order valence-electron chi connectivity index (χ2n) is 1.36. The van der Waals surface area contributed by atoms with Crippen molar-refractivity contribution in [2.75, 3.05) is 0 Å². The van der Waals surface area contributed by atoms with Crippen molar-refractivity contribution in [3.05, 3.63) is 23.9 Å². The SMILES string of the molecule is N[C-]=C(/C=C\[CH]=[W])C(=O)O. The maximum atomic E-state index is 10.2. The molecule has 0 aromatic carbocycles. The summed E-state index contributed by atoms with van der Waals surface area (Å²) < 4.78 is 1.79. The summed E-state index contributed by atoms with van der Waals surface area (Å²) in [4.78, 5) is 10.2. The number of carbonyl (C=O) groups is 1. The summed E-state index contributed by atoms with van der Waals surface area (Å²) in [7, 11) is 0. The van der Waals surface area contributed by atoms with Gasteiger partial charge in [0.2, 0.25) is 0 Å². The van der Waals surface area contributed by atoms with Gasteiger partial charge in [-0.2, -0.15) is 0 Å². The first-order valence-corrected chi connectivity index (χ1v) is 4.10. The molecule has 10 heavy (non-hydrogen) atoms. The normalized spacial score (nSPS) is 11.8. The van der Waals surface area contributed by atoms with Gasteiger partial charge in [-0.1, -0.05) is 0 Å². The van der Waals surface area contributed by atoms with Crippen molar-refractivity contribution in [3.63, 3.8) is 0 Å². The summed E-state index contributed by atoms with van der Waals surface area (Å²) in [5, 5.41) is 8.36. The molecular formula is C6H6NO2W-. The Kier molecular flexibility index (Phi) is 4.77. The van der Waals surface area contributed by atoms with E-state index in [9.17, 15) is 4.79 Å². The van der Waals surface area contributed by atoms with Gasteiger partial charge < -0.3 is 0 Å². The quantitative estimate of drug-likeness (QED) is 0.323. The van der Waals surface area contributed by atoms with E-state index in [1.807, 2.05) is 0 Å². The summed E-state index contributed by atoms with van der Waals surface area (Å²) in [6.07, 6.45) is 5.08. The van der Waals surface area contributed by atoms with E-state index < -0.39 is 5.97 Å². The third-order valence-corrected chi connectivity index (χ3v) is 1.29. The molecule has 0 aromatic heterocycles. The van der Waals surface area contributed by atoms with Crippen molar-refractivity contribution >= 4 is 10.4 Å². The molecule has 0 heterocycles. The van der Waals surface area contributed by atoms with Gasteiger partial charge in [0.25, 0.3) is 0 Å². The third-order valence-electron chi connectivity index (χ3n) is 0.727. The predicted molar refractivity (Wildman–Crippen MR) is 33.8 cm³/mol. The van der Waals surface area contributed by atoms with Gasteiger partial charge in [0.05, 0.1) is 0 Å². The van der Waals surface area contributed by atoms with Gasteiger partial charge in [-0.25, -0.2) is 0 Å². The molecular weight excluding hydrogens is 302 g/mol. The number of nitrogens with two attached hydrogens (primary N) is 1. The first-order valence-electron chi connectivity index (χ1n) is 2.41. The molecule has 0 saturated carbocycles. The minimum absolute atomic E-state index is 0.0162. The van der Waals surface area contributed by atoms with Gasteiger partial charge in [-0.15, -0.1) is 0 Å². The number of carboxylic acid groups (broad SMARTS) is 1. The molecule has 0 aromatic rings. The standard InChI is InChI=1S/C6H6NO2.W/c1-2-3-5(4-7)6(8)9;/h1-3H,7H2,(H,8,9);/q-1;/b3-2-;. The van der Waals surface area contributed by atoms with Crippen LogP contribution >= 0.6 is 0 Å². The molecule has 54 valence electrons. The molecule has 0 unspecified atom stereocenters. The van der Waals surface area contributed by atoms with Gasteiger partial charge in [0, 0.05) is 0 Å². The molecule has 0 aliphatic heterocycles. The van der Waals surface area contributed by atoms with Crippen LogP contribution in [0.25, 0.3) is 0 Å². The van der Waals surface area contributed by atoms with Crippen molar-refractivity contribution in [2.45, 2.75) is 0 Å². The second kappa shape index (κ2) is 5.12. The van der Waals surface area contributed by atoms with Crippen LogP contribution in [0.3, 0.4) is 0 Å². The average molecular weight is 308 g/mol. The molecule has 3 N–H and O–H groups in total. The number of hydrogen-bond donors (Lipinski definition) is 2. The molecule has 0 radical (unpaired) electrons. The summed E-state index contributed by atoms with van der Waals surface area (Å²) in [5.41, 5.74) is 4.87. The van der Waals surface area contributed by atoms with E-state index in [2.05, 4.69) is 6.20 Å². The van der Waals surface area contributed by atoms with E-state index in [4.69, 9.17) is 10.8 Å². The zero-order chi connectivity index (χ0) is 7.98. The van der Waals surface area contributed by atoms with Gasteiger partial charge in [0.1, 0.15) is 0 Å². The van der Waals surface area contributed by atoms with Gasteiger partial charge >= 0.3 is 69.3 Å². The average Bonchev–Trinajstić information content (AvgIpc) is 1.89. The molecule has 4 heteroatoms. The van der Waals surface area contributed by atoms with Crippen LogP contribution in [0.15, 0.2) is 17.7 Å². The van der Waals surface area contributed by atoms with E-state index in [0.29, 0.717) is 0 Å². The number of carboxylic acids is 1. The van der Waals surface area contributed by atoms with E-state index in [0.717, 1.165) is 0 Å². The summed E-state index contributed by atoms with van der Waals surface area (Å²) in [5.74, 6) is -1.06. The van der Waals surface area contributed by atoms with Crippen molar-refractivity contribution in [3.8, 4) is 0 Å². The number of aliphatic carboxylic acids is 1. The summed E-state index contributed by atoms with van der Waals surface area (Å²) in [6, 6.07) is 0. The predicted octanol–water partition coefficient (Wildman–Crippen LogP) is -0.378. The van der Waals surface area contributed by atoms with E-state index in [-0.39, 0.29) is 5.57 Å². The topological polar surface area (TPSA) is 63.3 Å². The fraction of sp³-hybridized carbons (Fsp3) is 0. The Balaban J connectivity index is 4.25. The Labute approximate surface area is 69.6 Å². The zero-order valence-corrected chi connectivity index (χ0v) is 8.01. The Hall–Kier alpha value is -0.692. The second-order valence-corrected chi connectivity index (χ2v) is 2.34. The minimum atomic E-state index is -1.06. The van der Waals surface area contributed by atoms with Crippen LogP contribution in [-0.4, -0.2) is 15.5 Å². The molecule has 0 amide bonds. The van der Waals surface area contributed by atoms with Crippen molar-refractivity contribution in [2.24, 2.45) is 5.73 Å². The fourth-order valence-corrected chi connectivity index (χ4v) is 0.599. The number of rotatable bonds is 3. The fourth-order valence-electron chi connectivity index (χ4n) is 0.317. The van der Waals surface area contributed by atoms with Crippen molar-refractivity contribution < 1.29 is 29.3 Å². The molecule has 0 rings (SSSR count).